The summed E-state index contributed by atoms with van der Waals surface area (Å²) in [5.74, 6) is 2.87. The van der Waals surface area contributed by atoms with Crippen LogP contribution in [0.5, 0.6) is 5.75 Å². The van der Waals surface area contributed by atoms with Gasteiger partial charge in [0.15, 0.2) is 15.7 Å². The molecular weight excluding hydrogens is 670 g/mol. The van der Waals surface area contributed by atoms with Gasteiger partial charge in [0.05, 0.1) is 33.8 Å². The van der Waals surface area contributed by atoms with Crippen LogP contribution in [-0.4, -0.2) is 66.0 Å². The number of rotatable bonds is 12. The molecule has 0 bridgehead atoms. The van der Waals surface area contributed by atoms with E-state index in [2.05, 4.69) is 50.6 Å². The van der Waals surface area contributed by atoms with Crippen molar-refractivity contribution in [3.8, 4) is 5.75 Å². The average Bonchev–Trinajstić information content (AvgIpc) is 4.01. The molecule has 4 aliphatic rings. The summed E-state index contributed by atoms with van der Waals surface area (Å²) in [4.78, 5) is 12.3. The van der Waals surface area contributed by atoms with Gasteiger partial charge in [0.25, 0.3) is 0 Å². The zero-order chi connectivity index (χ0) is 35.2. The monoisotopic (exact) mass is 719 g/mol. The van der Waals surface area contributed by atoms with Gasteiger partial charge in [-0.05, 0) is 132 Å². The molecule has 2 aliphatic carbocycles. The molecule has 3 aromatic rings. The Kier molecular flexibility index (Phi) is 10.2. The van der Waals surface area contributed by atoms with Crippen molar-refractivity contribution in [2.45, 2.75) is 114 Å². The minimum absolute atomic E-state index is 0.0448. The lowest BCUT2D eigenvalue weighted by Crippen LogP contribution is -2.54. The van der Waals surface area contributed by atoms with Crippen molar-refractivity contribution in [2.24, 2.45) is 11.8 Å². The van der Waals surface area contributed by atoms with Crippen LogP contribution in [0.4, 0.5) is 23.1 Å². The minimum Gasteiger partial charge on any atom is -0.489 e. The van der Waals surface area contributed by atoms with Gasteiger partial charge in [0.2, 0.25) is 5.95 Å². The molecule has 268 valence electrons. The van der Waals surface area contributed by atoms with Crippen LogP contribution in [0.3, 0.4) is 0 Å². The van der Waals surface area contributed by atoms with Gasteiger partial charge in [0.1, 0.15) is 10.8 Å². The molecule has 2 aromatic carbocycles. The maximum absolute atomic E-state index is 13.1. The first-order valence-corrected chi connectivity index (χ1v) is 20.2. The lowest BCUT2D eigenvalue weighted by Gasteiger charge is -2.48. The second kappa shape index (κ2) is 14.4. The van der Waals surface area contributed by atoms with Crippen LogP contribution in [0.15, 0.2) is 53.6 Å². The normalized spacial score (nSPS) is 22.1. The van der Waals surface area contributed by atoms with Gasteiger partial charge in [-0.25, -0.2) is 13.4 Å². The summed E-state index contributed by atoms with van der Waals surface area (Å²) in [5.41, 5.74) is 5.01. The van der Waals surface area contributed by atoms with Gasteiger partial charge in [0, 0.05) is 31.3 Å². The predicted octanol–water partition coefficient (Wildman–Crippen LogP) is 8.72. The number of hydrogen-bond donors (Lipinski definition) is 2. The SMILES string of the molecule is Cc1cc(Nc2ncc(Cl)c(Nc3ccccc3S(=O)(=O)C(C)C)n2)c(OC(C)C)cc1C1=C[C@@H](C2CC2)N(C2CCOCC2)[C@@H](C2CC2)C1. The number of aryl methyl sites for hydroxylation is 1. The summed E-state index contributed by atoms with van der Waals surface area (Å²) in [7, 11) is -3.55. The number of hydrogen-bond acceptors (Lipinski definition) is 9. The Bertz CT molecular complexity index is 1850. The van der Waals surface area contributed by atoms with Crippen LogP contribution >= 0.6 is 11.6 Å². The zero-order valence-electron chi connectivity index (χ0n) is 29.8. The molecule has 0 radical (unpaired) electrons. The Morgan fingerprint density at radius 1 is 0.960 bits per heavy atom. The van der Waals surface area contributed by atoms with Gasteiger partial charge < -0.3 is 20.1 Å². The Balaban J connectivity index is 1.20. The molecule has 0 amide bonds. The first kappa shape index (κ1) is 35.2. The van der Waals surface area contributed by atoms with Gasteiger partial charge in [-0.15, -0.1) is 0 Å². The summed E-state index contributed by atoms with van der Waals surface area (Å²) < 4.78 is 38.4. The third-order valence-corrected chi connectivity index (χ3v) is 13.0. The van der Waals surface area contributed by atoms with E-state index in [1.54, 1.807) is 38.1 Å². The number of aromatic nitrogens is 2. The fourth-order valence-corrected chi connectivity index (χ4v) is 8.98. The molecule has 0 unspecified atom stereocenters. The highest BCUT2D eigenvalue weighted by atomic mass is 35.5. The maximum Gasteiger partial charge on any atom is 0.229 e. The highest BCUT2D eigenvalue weighted by Gasteiger charge is 2.47. The van der Waals surface area contributed by atoms with Crippen molar-refractivity contribution in [1.29, 1.82) is 0 Å². The smallest absolute Gasteiger partial charge is 0.229 e. The third kappa shape index (κ3) is 7.54. The molecule has 0 spiro atoms. The van der Waals surface area contributed by atoms with E-state index in [4.69, 9.17) is 21.1 Å². The summed E-state index contributed by atoms with van der Waals surface area (Å²) in [6.07, 6.45) is 12.7. The molecule has 1 aromatic heterocycles. The van der Waals surface area contributed by atoms with Crippen molar-refractivity contribution < 1.29 is 17.9 Å². The summed E-state index contributed by atoms with van der Waals surface area (Å²) in [6, 6.07) is 12.8. The zero-order valence-corrected chi connectivity index (χ0v) is 31.4. The fraction of sp³-hybridized carbons (Fsp3) is 0.538. The number of para-hydroxylation sites is 1. The van der Waals surface area contributed by atoms with Gasteiger partial charge in [-0.2, -0.15) is 4.98 Å². The predicted molar refractivity (Wildman–Crippen MR) is 201 cm³/mol. The van der Waals surface area contributed by atoms with E-state index in [1.807, 2.05) is 13.8 Å². The molecule has 11 heteroatoms. The number of halogens is 1. The number of ether oxygens (including phenoxy) is 2. The quantitative estimate of drug-likeness (QED) is 0.190. The number of sulfone groups is 1. The van der Waals surface area contributed by atoms with E-state index in [-0.39, 0.29) is 16.0 Å². The lowest BCUT2D eigenvalue weighted by atomic mass is 9.83. The summed E-state index contributed by atoms with van der Waals surface area (Å²) >= 11 is 6.54. The second-order valence-corrected chi connectivity index (χ2v) is 17.9. The van der Waals surface area contributed by atoms with E-state index in [0.29, 0.717) is 35.6 Å². The van der Waals surface area contributed by atoms with Crippen molar-refractivity contribution in [2.75, 3.05) is 23.8 Å². The summed E-state index contributed by atoms with van der Waals surface area (Å²) in [5, 5.41) is 6.23. The number of nitrogens with zero attached hydrogens (tertiary/aromatic N) is 3. The van der Waals surface area contributed by atoms with Crippen molar-refractivity contribution >= 4 is 50.2 Å². The number of anilines is 4. The van der Waals surface area contributed by atoms with Crippen LogP contribution in [0.25, 0.3) is 5.57 Å². The first-order chi connectivity index (χ1) is 24.0. The van der Waals surface area contributed by atoms with Gasteiger partial charge >= 0.3 is 0 Å². The molecule has 7 rings (SSSR count). The standard InChI is InChI=1S/C39H50ClN5O4S/c1-23(2)49-36-21-30(28-19-34(26-10-11-26)45(29-14-16-48-17-15-29)35(20-28)27-12-13-27)25(5)18-33(36)43-39-41-22-31(40)38(44-39)42-32-8-6-7-9-37(32)50(46,47)24(3)4/h6-9,18-19,21-24,26-27,29,34-35H,10-17,20H2,1-5H3,(H2,41,42,43,44)/t34-,35+/m0/s1. The van der Waals surface area contributed by atoms with Crippen molar-refractivity contribution in [1.82, 2.24) is 14.9 Å². The second-order valence-electron chi connectivity index (χ2n) is 15.0. The van der Waals surface area contributed by atoms with E-state index in [0.717, 1.165) is 55.7 Å². The van der Waals surface area contributed by atoms with Crippen LogP contribution in [0.2, 0.25) is 5.02 Å². The van der Waals surface area contributed by atoms with Crippen LogP contribution in [0, 0.1) is 18.8 Å². The average molecular weight is 720 g/mol. The lowest BCUT2D eigenvalue weighted by molar-refractivity contribution is -0.00698. The Labute approximate surface area is 302 Å². The molecule has 2 atom stereocenters. The Morgan fingerprint density at radius 2 is 1.68 bits per heavy atom. The Hall–Kier alpha value is -3.18. The minimum atomic E-state index is -3.55. The molecule has 2 N–H and O–H groups in total. The molecule has 1 saturated heterocycles. The molecular formula is C39H50ClN5O4S. The van der Waals surface area contributed by atoms with Gasteiger partial charge in [-0.3, -0.25) is 4.90 Å². The molecule has 2 saturated carbocycles. The van der Waals surface area contributed by atoms with Crippen LogP contribution in [0.1, 0.15) is 83.8 Å². The van der Waals surface area contributed by atoms with Crippen molar-refractivity contribution in [3.63, 3.8) is 0 Å². The van der Waals surface area contributed by atoms with Crippen LogP contribution < -0.4 is 15.4 Å². The number of benzene rings is 2. The van der Waals surface area contributed by atoms with E-state index in [1.165, 1.54) is 48.6 Å². The topological polar surface area (TPSA) is 106 Å². The van der Waals surface area contributed by atoms with E-state index in [9.17, 15) is 8.42 Å². The maximum atomic E-state index is 13.1. The molecule has 50 heavy (non-hydrogen) atoms. The van der Waals surface area contributed by atoms with E-state index >= 15 is 0 Å². The third-order valence-electron chi connectivity index (χ3n) is 10.5. The summed E-state index contributed by atoms with van der Waals surface area (Å²) in [6.45, 7) is 11.3. The highest BCUT2D eigenvalue weighted by molar-refractivity contribution is 7.92. The van der Waals surface area contributed by atoms with Gasteiger partial charge in [-0.1, -0.05) is 29.8 Å². The first-order valence-electron chi connectivity index (χ1n) is 18.3. The largest absolute Gasteiger partial charge is 0.489 e. The molecule has 3 heterocycles. The highest BCUT2D eigenvalue weighted by Crippen LogP contribution is 2.50. The van der Waals surface area contributed by atoms with Crippen molar-refractivity contribution in [3.05, 3.63) is 64.8 Å². The fourth-order valence-electron chi connectivity index (χ4n) is 7.64. The Morgan fingerprint density at radius 3 is 2.36 bits per heavy atom. The molecule has 9 nitrogen and oxygen atoms in total. The number of nitrogens with one attached hydrogen (secondary N) is 2. The van der Waals surface area contributed by atoms with E-state index < -0.39 is 15.1 Å². The van der Waals surface area contributed by atoms with Crippen LogP contribution in [-0.2, 0) is 14.6 Å². The molecule has 3 fully saturated rings. The molecule has 2 aliphatic heterocycles.